The molecule has 1 amide bonds. The van der Waals surface area contributed by atoms with Crippen molar-refractivity contribution >= 4 is 11.6 Å². The maximum absolute atomic E-state index is 11.1. The summed E-state index contributed by atoms with van der Waals surface area (Å²) in [7, 11) is 0. The molecule has 1 N–H and O–H groups in total. The molecule has 3 rings (SSSR count). The van der Waals surface area contributed by atoms with E-state index in [0.29, 0.717) is 0 Å². The van der Waals surface area contributed by atoms with Gasteiger partial charge in [0.2, 0.25) is 5.91 Å². The first-order chi connectivity index (χ1) is 12.1. The van der Waals surface area contributed by atoms with E-state index in [4.69, 9.17) is 0 Å². The number of rotatable bonds is 4. The first-order valence-corrected chi connectivity index (χ1v) is 8.67. The van der Waals surface area contributed by atoms with Crippen LogP contribution >= 0.6 is 0 Å². The average Bonchev–Trinajstić information content (AvgIpc) is 2.64. The van der Waals surface area contributed by atoms with Gasteiger partial charge < -0.3 is 5.32 Å². The number of nitrogens with one attached hydrogen (secondary N) is 1. The first-order valence-electron chi connectivity index (χ1n) is 8.67. The van der Waals surface area contributed by atoms with E-state index in [0.717, 1.165) is 43.7 Å². The molecule has 4 heteroatoms. The van der Waals surface area contributed by atoms with Gasteiger partial charge in [0, 0.05) is 32.2 Å². The highest BCUT2D eigenvalue weighted by atomic mass is 16.1. The number of anilines is 1. The van der Waals surface area contributed by atoms with Gasteiger partial charge >= 0.3 is 0 Å². The van der Waals surface area contributed by atoms with Crippen molar-refractivity contribution in [1.82, 2.24) is 4.90 Å². The van der Waals surface area contributed by atoms with E-state index >= 15 is 0 Å². The van der Waals surface area contributed by atoms with Gasteiger partial charge in [0.25, 0.3) is 0 Å². The molecule has 0 saturated carbocycles. The number of benzene rings is 2. The molecular formula is C21H23N3O. The maximum atomic E-state index is 11.1. The number of piperidine rings is 1. The molecule has 0 aliphatic carbocycles. The minimum absolute atomic E-state index is 0.0578. The monoisotopic (exact) mass is 333 g/mol. The van der Waals surface area contributed by atoms with E-state index in [1.165, 1.54) is 12.5 Å². The third-order valence-electron chi connectivity index (χ3n) is 4.93. The normalized spacial score (nSPS) is 16.8. The zero-order chi connectivity index (χ0) is 17.7. The summed E-state index contributed by atoms with van der Waals surface area (Å²) in [6, 6.07) is 20.7. The van der Waals surface area contributed by atoms with E-state index in [1.54, 1.807) is 0 Å². The lowest BCUT2D eigenvalue weighted by Crippen LogP contribution is -2.41. The number of carbonyl (C=O) groups is 1. The average molecular weight is 333 g/mol. The summed E-state index contributed by atoms with van der Waals surface area (Å²) in [4.78, 5) is 13.5. The highest BCUT2D eigenvalue weighted by Gasteiger charge is 2.36. The molecule has 128 valence electrons. The van der Waals surface area contributed by atoms with Gasteiger partial charge in [-0.2, -0.15) is 5.26 Å². The summed E-state index contributed by atoms with van der Waals surface area (Å²) in [6.07, 6.45) is 1.72. The SMILES string of the molecule is CC(=O)Nc1ccc(CN2CCC(C#N)(c3ccccc3)CC2)cc1. The molecule has 4 nitrogen and oxygen atoms in total. The topological polar surface area (TPSA) is 56.1 Å². The first kappa shape index (κ1) is 17.2. The minimum atomic E-state index is -0.354. The van der Waals surface area contributed by atoms with Crippen LogP contribution in [-0.2, 0) is 16.8 Å². The molecule has 1 heterocycles. The Kier molecular flexibility index (Phi) is 5.16. The van der Waals surface area contributed by atoms with Crippen LogP contribution in [-0.4, -0.2) is 23.9 Å². The van der Waals surface area contributed by atoms with E-state index in [2.05, 4.69) is 40.6 Å². The number of nitriles is 1. The number of amides is 1. The van der Waals surface area contributed by atoms with Crippen LogP contribution in [0.2, 0.25) is 0 Å². The van der Waals surface area contributed by atoms with Crippen molar-refractivity contribution in [2.45, 2.75) is 31.7 Å². The van der Waals surface area contributed by atoms with Crippen molar-refractivity contribution in [3.05, 3.63) is 65.7 Å². The van der Waals surface area contributed by atoms with Crippen molar-refractivity contribution in [3.8, 4) is 6.07 Å². The van der Waals surface area contributed by atoms with Gasteiger partial charge in [0.15, 0.2) is 0 Å². The molecule has 1 fully saturated rings. The summed E-state index contributed by atoms with van der Waals surface area (Å²) in [5.74, 6) is -0.0578. The van der Waals surface area contributed by atoms with Crippen molar-refractivity contribution < 1.29 is 4.79 Å². The predicted octanol–water partition coefficient (Wildman–Crippen LogP) is 3.70. The van der Waals surface area contributed by atoms with Gasteiger partial charge in [0.1, 0.15) is 0 Å². The van der Waals surface area contributed by atoms with Crippen molar-refractivity contribution in [1.29, 1.82) is 5.26 Å². The number of nitrogens with zero attached hydrogens (tertiary/aromatic N) is 2. The Hall–Kier alpha value is -2.64. The van der Waals surface area contributed by atoms with Crippen molar-refractivity contribution in [2.75, 3.05) is 18.4 Å². The fraction of sp³-hybridized carbons (Fsp3) is 0.333. The van der Waals surface area contributed by atoms with Crippen LogP contribution in [0.15, 0.2) is 54.6 Å². The Bertz CT molecular complexity index is 754. The molecule has 1 saturated heterocycles. The third-order valence-corrected chi connectivity index (χ3v) is 4.93. The predicted molar refractivity (Wildman–Crippen MR) is 99.0 cm³/mol. The van der Waals surface area contributed by atoms with Crippen LogP contribution in [0.25, 0.3) is 0 Å². The van der Waals surface area contributed by atoms with Crippen molar-refractivity contribution in [2.24, 2.45) is 0 Å². The Morgan fingerprint density at radius 2 is 1.76 bits per heavy atom. The largest absolute Gasteiger partial charge is 0.326 e. The minimum Gasteiger partial charge on any atom is -0.326 e. The van der Waals surface area contributed by atoms with Gasteiger partial charge in [-0.05, 0) is 36.1 Å². The molecule has 0 aromatic heterocycles. The van der Waals surface area contributed by atoms with Gasteiger partial charge in [-0.1, -0.05) is 42.5 Å². The lowest BCUT2D eigenvalue weighted by atomic mass is 9.74. The highest BCUT2D eigenvalue weighted by molar-refractivity contribution is 5.88. The smallest absolute Gasteiger partial charge is 0.221 e. The van der Waals surface area contributed by atoms with Crippen LogP contribution in [0.4, 0.5) is 5.69 Å². The second kappa shape index (κ2) is 7.50. The number of hydrogen-bond acceptors (Lipinski definition) is 3. The standard InChI is InChI=1S/C21H23N3O/c1-17(25)23-20-9-7-18(8-10-20)15-24-13-11-21(16-22,12-14-24)19-5-3-2-4-6-19/h2-10H,11-15H2,1H3,(H,23,25). The molecule has 1 aliphatic heterocycles. The molecule has 0 spiro atoms. The zero-order valence-corrected chi connectivity index (χ0v) is 14.5. The fourth-order valence-corrected chi connectivity index (χ4v) is 3.47. The summed E-state index contributed by atoms with van der Waals surface area (Å²) in [5.41, 5.74) is 2.82. The number of carbonyl (C=O) groups excluding carboxylic acids is 1. The molecule has 1 aliphatic rings. The van der Waals surface area contributed by atoms with Gasteiger partial charge in [-0.15, -0.1) is 0 Å². The second-order valence-electron chi connectivity index (χ2n) is 6.71. The fourth-order valence-electron chi connectivity index (χ4n) is 3.47. The third kappa shape index (κ3) is 4.07. The Balaban J connectivity index is 1.61. The van der Waals surface area contributed by atoms with Gasteiger partial charge in [-0.25, -0.2) is 0 Å². The molecule has 2 aromatic carbocycles. The Morgan fingerprint density at radius 1 is 1.12 bits per heavy atom. The van der Waals surface area contributed by atoms with Crippen LogP contribution < -0.4 is 5.32 Å². The summed E-state index contributed by atoms with van der Waals surface area (Å²) in [5, 5.41) is 12.6. The van der Waals surface area contributed by atoms with E-state index < -0.39 is 0 Å². The summed E-state index contributed by atoms with van der Waals surface area (Å²) in [6.45, 7) is 4.21. The van der Waals surface area contributed by atoms with Gasteiger partial charge in [0.05, 0.1) is 11.5 Å². The molecule has 0 bridgehead atoms. The molecular weight excluding hydrogens is 310 g/mol. The molecule has 25 heavy (non-hydrogen) atoms. The maximum Gasteiger partial charge on any atom is 0.221 e. The van der Waals surface area contributed by atoms with Crippen LogP contribution in [0.1, 0.15) is 30.9 Å². The van der Waals surface area contributed by atoms with Crippen LogP contribution in [0.5, 0.6) is 0 Å². The molecule has 0 radical (unpaired) electrons. The summed E-state index contributed by atoms with van der Waals surface area (Å²) >= 11 is 0. The lowest BCUT2D eigenvalue weighted by molar-refractivity contribution is -0.114. The number of hydrogen-bond donors (Lipinski definition) is 1. The molecule has 0 atom stereocenters. The lowest BCUT2D eigenvalue weighted by Gasteiger charge is -2.37. The Morgan fingerprint density at radius 3 is 2.32 bits per heavy atom. The number of likely N-dealkylation sites (tertiary alicyclic amines) is 1. The molecule has 0 unspecified atom stereocenters. The second-order valence-corrected chi connectivity index (χ2v) is 6.71. The Labute approximate surface area is 149 Å². The molecule has 2 aromatic rings. The van der Waals surface area contributed by atoms with Gasteiger partial charge in [-0.3, -0.25) is 9.69 Å². The highest BCUT2D eigenvalue weighted by Crippen LogP contribution is 2.35. The summed E-state index contributed by atoms with van der Waals surface area (Å²) < 4.78 is 0. The van der Waals surface area contributed by atoms with E-state index in [-0.39, 0.29) is 11.3 Å². The van der Waals surface area contributed by atoms with Crippen LogP contribution in [0.3, 0.4) is 0 Å². The van der Waals surface area contributed by atoms with E-state index in [1.807, 2.05) is 30.3 Å². The zero-order valence-electron chi connectivity index (χ0n) is 14.5. The van der Waals surface area contributed by atoms with Crippen molar-refractivity contribution in [3.63, 3.8) is 0 Å². The van der Waals surface area contributed by atoms with Crippen LogP contribution in [0, 0.1) is 11.3 Å². The quantitative estimate of drug-likeness (QED) is 0.928. The van der Waals surface area contributed by atoms with E-state index in [9.17, 15) is 10.1 Å².